The van der Waals surface area contributed by atoms with Crippen LogP contribution in [0.2, 0.25) is 0 Å². The Morgan fingerprint density at radius 3 is 2.44 bits per heavy atom. The molecule has 0 aromatic carbocycles. The highest BCUT2D eigenvalue weighted by Crippen LogP contribution is 2.58. The molecule has 3 aliphatic rings. The van der Waals surface area contributed by atoms with Crippen LogP contribution < -0.4 is 5.73 Å². The predicted molar refractivity (Wildman–Crippen MR) is 100 cm³/mol. The number of carbonyl (C=O) groups excluding carboxylic acids is 1. The molecule has 5 heteroatoms. The fourth-order valence-electron chi connectivity index (χ4n) is 4.96. The molecule has 4 rings (SSSR count). The van der Waals surface area contributed by atoms with Crippen LogP contribution in [0, 0.1) is 11.3 Å². The molecule has 0 atom stereocenters. The van der Waals surface area contributed by atoms with Gasteiger partial charge < -0.3 is 10.6 Å². The van der Waals surface area contributed by atoms with E-state index in [4.69, 9.17) is 4.79 Å². The topological polar surface area (TPSA) is 64.2 Å². The Labute approximate surface area is 151 Å². The molecular formula is C20H34N4O. The second kappa shape index (κ2) is 7.90. The van der Waals surface area contributed by atoms with Gasteiger partial charge in [0.1, 0.15) is 0 Å². The third kappa shape index (κ3) is 4.25. The molecule has 1 spiro atoms. The van der Waals surface area contributed by atoms with Crippen molar-refractivity contribution < 1.29 is 4.79 Å². The van der Waals surface area contributed by atoms with Gasteiger partial charge in [0, 0.05) is 25.8 Å². The van der Waals surface area contributed by atoms with E-state index in [0.717, 1.165) is 11.3 Å². The second-order valence-electron chi connectivity index (χ2n) is 8.70. The fraction of sp³-hybridized carbons (Fsp3) is 0.800. The summed E-state index contributed by atoms with van der Waals surface area (Å²) in [5.41, 5.74) is 6.38. The first-order valence-corrected chi connectivity index (χ1v) is 9.97. The molecule has 1 amide bonds. The average molecular weight is 347 g/mol. The maximum Gasteiger partial charge on any atom is 0.204 e. The molecule has 2 saturated carbocycles. The van der Waals surface area contributed by atoms with Gasteiger partial charge in [0.05, 0.1) is 12.2 Å². The normalized spacial score (nSPS) is 23.6. The molecule has 140 valence electrons. The zero-order chi connectivity index (χ0) is 17.9. The summed E-state index contributed by atoms with van der Waals surface area (Å²) in [6.07, 6.45) is 14.8. The zero-order valence-electron chi connectivity index (χ0n) is 15.9. The Morgan fingerprint density at radius 2 is 1.96 bits per heavy atom. The Bertz CT molecular complexity index is 548. The molecule has 1 aliphatic heterocycles. The molecule has 1 aromatic rings. The fourth-order valence-corrected chi connectivity index (χ4v) is 4.96. The van der Waals surface area contributed by atoms with E-state index in [0.29, 0.717) is 12.0 Å². The molecule has 2 heterocycles. The summed E-state index contributed by atoms with van der Waals surface area (Å²) >= 11 is 0. The van der Waals surface area contributed by atoms with Gasteiger partial charge in [-0.05, 0) is 61.3 Å². The van der Waals surface area contributed by atoms with Crippen LogP contribution in [0.25, 0.3) is 0 Å². The molecule has 1 saturated heterocycles. The summed E-state index contributed by atoms with van der Waals surface area (Å²) in [5.74, 6) is 1.60. The Balaban J connectivity index is 0.000000569. The lowest BCUT2D eigenvalue weighted by Gasteiger charge is -2.55. The number of piperidine rings is 1. The second-order valence-corrected chi connectivity index (χ2v) is 8.70. The van der Waals surface area contributed by atoms with Crippen molar-refractivity contribution in [2.75, 3.05) is 19.6 Å². The molecular weight excluding hydrogens is 312 g/mol. The van der Waals surface area contributed by atoms with Crippen molar-refractivity contribution in [2.45, 2.75) is 70.8 Å². The quantitative estimate of drug-likeness (QED) is 0.851. The average Bonchev–Trinajstić information content (AvgIpc) is 3.00. The van der Waals surface area contributed by atoms with E-state index < -0.39 is 0 Å². The standard InChI is InChI=1S/C19H31N3.CH3NO/c1-15(2)17-12-20-22(14-17)18-4-8-21(9-5-18)13-16-10-19(11-16)6-3-7-19;2-1-3/h12,14-16,18H,3-11,13H2,1-2H3;1H,(H2,2,3). The summed E-state index contributed by atoms with van der Waals surface area (Å²) in [6, 6.07) is 0.628. The van der Waals surface area contributed by atoms with E-state index >= 15 is 0 Å². The Morgan fingerprint density at radius 1 is 1.32 bits per heavy atom. The van der Waals surface area contributed by atoms with E-state index in [-0.39, 0.29) is 6.41 Å². The van der Waals surface area contributed by atoms with Gasteiger partial charge >= 0.3 is 0 Å². The van der Waals surface area contributed by atoms with Crippen molar-refractivity contribution in [3.05, 3.63) is 18.0 Å². The number of aromatic nitrogens is 2. The number of amides is 1. The number of hydrogen-bond donors (Lipinski definition) is 1. The first-order valence-electron chi connectivity index (χ1n) is 9.97. The minimum atomic E-state index is 0.250. The number of carbonyl (C=O) groups is 1. The monoisotopic (exact) mass is 346 g/mol. The van der Waals surface area contributed by atoms with Gasteiger partial charge in [-0.2, -0.15) is 5.10 Å². The summed E-state index contributed by atoms with van der Waals surface area (Å²) in [4.78, 5) is 11.3. The minimum Gasteiger partial charge on any atom is -0.372 e. The smallest absolute Gasteiger partial charge is 0.204 e. The third-order valence-corrected chi connectivity index (χ3v) is 6.59. The lowest BCUT2D eigenvalue weighted by molar-refractivity contribution is -0.106. The van der Waals surface area contributed by atoms with Crippen LogP contribution in [-0.4, -0.2) is 40.7 Å². The van der Waals surface area contributed by atoms with Crippen molar-refractivity contribution >= 4 is 6.41 Å². The third-order valence-electron chi connectivity index (χ3n) is 6.59. The lowest BCUT2D eigenvalue weighted by Crippen LogP contribution is -2.48. The van der Waals surface area contributed by atoms with Crippen molar-refractivity contribution in [2.24, 2.45) is 17.1 Å². The van der Waals surface area contributed by atoms with Gasteiger partial charge in [-0.15, -0.1) is 0 Å². The van der Waals surface area contributed by atoms with Gasteiger partial charge in [0.15, 0.2) is 0 Å². The molecule has 0 bridgehead atoms. The maximum absolute atomic E-state index is 8.58. The first kappa shape index (κ1) is 18.4. The number of hydrogen-bond acceptors (Lipinski definition) is 3. The van der Waals surface area contributed by atoms with Crippen molar-refractivity contribution in [3.8, 4) is 0 Å². The molecule has 0 radical (unpaired) electrons. The number of nitrogens with zero attached hydrogens (tertiary/aromatic N) is 3. The van der Waals surface area contributed by atoms with E-state index in [2.05, 4.69) is 46.7 Å². The van der Waals surface area contributed by atoms with Crippen molar-refractivity contribution in [3.63, 3.8) is 0 Å². The maximum atomic E-state index is 8.58. The summed E-state index contributed by atoms with van der Waals surface area (Å²) in [5, 5.41) is 4.61. The number of likely N-dealkylation sites (tertiary alicyclic amines) is 1. The molecule has 1 aromatic heterocycles. The molecule has 3 fully saturated rings. The minimum absolute atomic E-state index is 0.250. The Kier molecular flexibility index (Phi) is 5.82. The highest BCUT2D eigenvalue weighted by Gasteiger charge is 2.48. The van der Waals surface area contributed by atoms with Gasteiger partial charge in [-0.1, -0.05) is 20.3 Å². The SMILES string of the molecule is CC(C)c1cnn(C2CCN(CC3CC4(CCC4)C3)CC2)c1.NC=O. The molecule has 0 unspecified atom stereocenters. The van der Waals surface area contributed by atoms with Crippen molar-refractivity contribution in [1.29, 1.82) is 0 Å². The zero-order valence-corrected chi connectivity index (χ0v) is 15.9. The van der Waals surface area contributed by atoms with Crippen LogP contribution in [0.5, 0.6) is 0 Å². The van der Waals surface area contributed by atoms with E-state index in [9.17, 15) is 0 Å². The molecule has 25 heavy (non-hydrogen) atoms. The highest BCUT2D eigenvalue weighted by atomic mass is 16.1. The highest BCUT2D eigenvalue weighted by molar-refractivity contribution is 5.42. The van der Waals surface area contributed by atoms with Gasteiger partial charge in [0.25, 0.3) is 0 Å². The summed E-state index contributed by atoms with van der Waals surface area (Å²) in [7, 11) is 0. The van der Waals surface area contributed by atoms with Crippen LogP contribution >= 0.6 is 0 Å². The number of rotatable bonds is 4. The predicted octanol–water partition coefficient (Wildman–Crippen LogP) is 3.33. The van der Waals surface area contributed by atoms with Gasteiger partial charge in [-0.25, -0.2) is 0 Å². The molecule has 2 aliphatic carbocycles. The van der Waals surface area contributed by atoms with Gasteiger partial charge in [-0.3, -0.25) is 9.48 Å². The van der Waals surface area contributed by atoms with Crippen LogP contribution in [0.15, 0.2) is 12.4 Å². The van der Waals surface area contributed by atoms with E-state index in [1.807, 2.05) is 0 Å². The summed E-state index contributed by atoms with van der Waals surface area (Å²) in [6.45, 7) is 8.40. The largest absolute Gasteiger partial charge is 0.372 e. The van der Waals surface area contributed by atoms with E-state index in [1.54, 1.807) is 0 Å². The van der Waals surface area contributed by atoms with Crippen molar-refractivity contribution in [1.82, 2.24) is 14.7 Å². The number of nitrogens with two attached hydrogens (primary N) is 1. The van der Waals surface area contributed by atoms with Crippen LogP contribution in [0.3, 0.4) is 0 Å². The van der Waals surface area contributed by atoms with Crippen LogP contribution in [-0.2, 0) is 4.79 Å². The van der Waals surface area contributed by atoms with Crippen LogP contribution in [0.4, 0.5) is 0 Å². The summed E-state index contributed by atoms with van der Waals surface area (Å²) < 4.78 is 2.24. The molecule has 2 N–H and O–H groups in total. The number of primary amides is 1. The Hall–Kier alpha value is -1.36. The van der Waals surface area contributed by atoms with E-state index in [1.165, 1.54) is 70.1 Å². The first-order chi connectivity index (χ1) is 12.0. The lowest BCUT2D eigenvalue weighted by atomic mass is 9.52. The van der Waals surface area contributed by atoms with Gasteiger partial charge in [0.2, 0.25) is 6.41 Å². The molecule has 5 nitrogen and oxygen atoms in total. The van der Waals surface area contributed by atoms with Crippen LogP contribution in [0.1, 0.15) is 76.3 Å².